The summed E-state index contributed by atoms with van der Waals surface area (Å²) in [4.78, 5) is 14.4. The Kier molecular flexibility index (Phi) is 5.45. The highest BCUT2D eigenvalue weighted by Crippen LogP contribution is 2.22. The van der Waals surface area contributed by atoms with E-state index in [2.05, 4.69) is 15.3 Å². The monoisotopic (exact) mass is 383 g/mol. The molecule has 0 N–H and O–H groups in total. The third-order valence-electron chi connectivity index (χ3n) is 5.11. The van der Waals surface area contributed by atoms with Crippen LogP contribution in [-0.4, -0.2) is 50.3 Å². The Labute approximate surface area is 162 Å². The number of fused-ring (bicyclic) bond motifs is 1. The second-order valence-electron chi connectivity index (χ2n) is 7.11. The van der Waals surface area contributed by atoms with Crippen molar-refractivity contribution in [1.29, 1.82) is 0 Å². The molecule has 8 heteroatoms. The molecular weight excluding hydrogens is 361 g/mol. The van der Waals surface area contributed by atoms with E-state index in [9.17, 15) is 9.18 Å². The van der Waals surface area contributed by atoms with Gasteiger partial charge in [-0.2, -0.15) is 4.52 Å². The molecule has 1 aliphatic rings. The second-order valence-corrected chi connectivity index (χ2v) is 7.11. The number of hydrogen-bond acceptors (Lipinski definition) is 5. The van der Waals surface area contributed by atoms with Crippen LogP contribution in [0.4, 0.5) is 4.39 Å². The zero-order chi connectivity index (χ0) is 19.3. The molecule has 1 aromatic carbocycles. The van der Waals surface area contributed by atoms with Gasteiger partial charge in [0, 0.05) is 19.2 Å². The number of aryl methyl sites for hydroxylation is 1. The molecule has 0 radical (unpaired) electrons. The highest BCUT2D eigenvalue weighted by Gasteiger charge is 2.24. The van der Waals surface area contributed by atoms with Gasteiger partial charge >= 0.3 is 0 Å². The highest BCUT2D eigenvalue weighted by molar-refractivity contribution is 5.77. The number of halogens is 1. The minimum Gasteiger partial charge on any atom is -0.467 e. The quantitative estimate of drug-likeness (QED) is 0.654. The largest absolute Gasteiger partial charge is 0.467 e. The summed E-state index contributed by atoms with van der Waals surface area (Å²) in [5.74, 6) is 0.577. The van der Waals surface area contributed by atoms with Crippen LogP contribution in [0.15, 0.2) is 42.7 Å². The molecule has 1 aliphatic heterocycles. The number of hydrogen-bond donors (Lipinski definition) is 0. The third kappa shape index (κ3) is 4.44. The Bertz CT molecular complexity index is 943. The van der Waals surface area contributed by atoms with E-state index in [1.54, 1.807) is 12.1 Å². The van der Waals surface area contributed by atoms with E-state index in [1.807, 2.05) is 17.0 Å². The third-order valence-corrected chi connectivity index (χ3v) is 5.11. The van der Waals surface area contributed by atoms with Gasteiger partial charge in [-0.05, 0) is 55.4 Å². The molecule has 28 heavy (non-hydrogen) atoms. The van der Waals surface area contributed by atoms with Crippen molar-refractivity contribution in [1.82, 2.24) is 24.7 Å². The number of ether oxygens (including phenoxy) is 1. The predicted octanol–water partition coefficient (Wildman–Crippen LogP) is 2.51. The Hall–Kier alpha value is -3.03. The van der Waals surface area contributed by atoms with Gasteiger partial charge in [0.05, 0.1) is 0 Å². The Morgan fingerprint density at radius 1 is 1.21 bits per heavy atom. The van der Waals surface area contributed by atoms with Crippen LogP contribution in [-0.2, 0) is 11.2 Å². The van der Waals surface area contributed by atoms with Crippen molar-refractivity contribution >= 4 is 11.6 Å². The zero-order valence-corrected chi connectivity index (χ0v) is 15.5. The summed E-state index contributed by atoms with van der Waals surface area (Å²) in [6.45, 7) is 1.46. The fraction of sp³-hybridized carbons (Fsp3) is 0.400. The van der Waals surface area contributed by atoms with Crippen molar-refractivity contribution in [3.05, 3.63) is 54.1 Å². The van der Waals surface area contributed by atoms with Crippen molar-refractivity contribution in [3.63, 3.8) is 0 Å². The number of piperidine rings is 1. The number of carbonyl (C=O) groups excluding carboxylic acids is 1. The first-order valence-electron chi connectivity index (χ1n) is 9.49. The van der Waals surface area contributed by atoms with Crippen LogP contribution in [0.3, 0.4) is 0 Å². The van der Waals surface area contributed by atoms with E-state index in [4.69, 9.17) is 4.74 Å². The molecule has 2 aromatic heterocycles. The second kappa shape index (κ2) is 8.33. The molecule has 1 atom stereocenters. The summed E-state index contributed by atoms with van der Waals surface area (Å²) < 4.78 is 20.1. The van der Waals surface area contributed by atoms with Crippen LogP contribution in [0.1, 0.15) is 24.8 Å². The maximum Gasteiger partial charge on any atom is 0.260 e. The van der Waals surface area contributed by atoms with E-state index < -0.39 is 0 Å². The van der Waals surface area contributed by atoms with Gasteiger partial charge in [0.15, 0.2) is 12.3 Å². The smallest absolute Gasteiger partial charge is 0.260 e. The van der Waals surface area contributed by atoms with Crippen molar-refractivity contribution < 1.29 is 13.9 Å². The minimum absolute atomic E-state index is 0.0304. The lowest BCUT2D eigenvalue weighted by molar-refractivity contribution is -0.135. The summed E-state index contributed by atoms with van der Waals surface area (Å²) in [7, 11) is 0. The van der Waals surface area contributed by atoms with Crippen LogP contribution in [0, 0.1) is 11.7 Å². The predicted molar refractivity (Wildman–Crippen MR) is 100 cm³/mol. The van der Waals surface area contributed by atoms with Gasteiger partial charge in [-0.3, -0.25) is 4.79 Å². The molecule has 146 valence electrons. The minimum atomic E-state index is -0.212. The van der Waals surface area contributed by atoms with E-state index in [0.29, 0.717) is 17.4 Å². The van der Waals surface area contributed by atoms with Gasteiger partial charge in [0.1, 0.15) is 12.1 Å². The number of amides is 1. The molecule has 3 aromatic rings. The van der Waals surface area contributed by atoms with Gasteiger partial charge in [-0.25, -0.2) is 4.39 Å². The molecule has 1 amide bonds. The lowest BCUT2D eigenvalue weighted by Gasteiger charge is -2.32. The van der Waals surface area contributed by atoms with Crippen LogP contribution >= 0.6 is 0 Å². The number of benzene rings is 1. The normalized spacial score (nSPS) is 17.0. The van der Waals surface area contributed by atoms with Crippen molar-refractivity contribution in [2.24, 2.45) is 5.92 Å². The Morgan fingerprint density at radius 3 is 2.93 bits per heavy atom. The maximum absolute atomic E-state index is 13.0. The Morgan fingerprint density at radius 2 is 2.07 bits per heavy atom. The van der Waals surface area contributed by atoms with Gasteiger partial charge in [-0.1, -0.05) is 12.1 Å². The SMILES string of the molecule is O=C(COc1ccc2nncn2n1)N1CCC[C@H](CCc2ccc(F)cc2)C1. The average Bonchev–Trinajstić information content (AvgIpc) is 3.20. The Balaban J connectivity index is 1.27. The molecule has 0 unspecified atom stereocenters. The molecule has 1 fully saturated rings. The molecule has 0 bridgehead atoms. The van der Waals surface area contributed by atoms with Gasteiger partial charge in [0.25, 0.3) is 5.91 Å². The van der Waals surface area contributed by atoms with E-state index >= 15 is 0 Å². The molecule has 0 spiro atoms. The molecular formula is C20H22FN5O2. The van der Waals surface area contributed by atoms with Crippen LogP contribution in [0.2, 0.25) is 0 Å². The zero-order valence-electron chi connectivity index (χ0n) is 15.5. The fourth-order valence-electron chi connectivity index (χ4n) is 3.56. The first-order chi connectivity index (χ1) is 13.7. The van der Waals surface area contributed by atoms with Gasteiger partial charge in [0.2, 0.25) is 5.88 Å². The number of rotatable bonds is 6. The number of carbonyl (C=O) groups is 1. The average molecular weight is 383 g/mol. The number of likely N-dealkylation sites (tertiary alicyclic amines) is 1. The standard InChI is InChI=1S/C20H22FN5O2/c21-17-7-5-15(6-8-17)3-4-16-2-1-11-25(12-16)20(27)13-28-19-10-9-18-23-22-14-26(18)24-19/h5-10,14,16H,1-4,11-13H2/t16-/m1/s1. The summed E-state index contributed by atoms with van der Waals surface area (Å²) >= 11 is 0. The van der Waals surface area contributed by atoms with E-state index in [0.717, 1.165) is 44.3 Å². The maximum atomic E-state index is 13.0. The molecule has 7 nitrogen and oxygen atoms in total. The van der Waals surface area contributed by atoms with Crippen molar-refractivity contribution in [2.45, 2.75) is 25.7 Å². The van der Waals surface area contributed by atoms with Crippen molar-refractivity contribution in [3.8, 4) is 5.88 Å². The molecule has 1 saturated heterocycles. The lowest BCUT2D eigenvalue weighted by Crippen LogP contribution is -2.42. The van der Waals surface area contributed by atoms with Crippen LogP contribution < -0.4 is 4.74 Å². The van der Waals surface area contributed by atoms with E-state index in [1.165, 1.54) is 23.0 Å². The lowest BCUT2D eigenvalue weighted by atomic mass is 9.91. The summed E-state index contributed by atoms with van der Waals surface area (Å²) in [5.41, 5.74) is 1.75. The first-order valence-corrected chi connectivity index (χ1v) is 9.49. The first kappa shape index (κ1) is 18.3. The topological polar surface area (TPSA) is 72.6 Å². The van der Waals surface area contributed by atoms with Crippen molar-refractivity contribution in [2.75, 3.05) is 19.7 Å². The highest BCUT2D eigenvalue weighted by atomic mass is 19.1. The number of aromatic nitrogens is 4. The number of nitrogens with zero attached hydrogens (tertiary/aromatic N) is 5. The molecule has 0 aliphatic carbocycles. The summed E-state index contributed by atoms with van der Waals surface area (Å²) in [6, 6.07) is 10.1. The van der Waals surface area contributed by atoms with Gasteiger partial charge < -0.3 is 9.64 Å². The molecule has 3 heterocycles. The molecule has 4 rings (SSSR count). The summed E-state index contributed by atoms with van der Waals surface area (Å²) in [6.07, 6.45) is 5.47. The van der Waals surface area contributed by atoms with Crippen LogP contribution in [0.5, 0.6) is 5.88 Å². The molecule has 0 saturated carbocycles. The van der Waals surface area contributed by atoms with E-state index in [-0.39, 0.29) is 18.3 Å². The van der Waals surface area contributed by atoms with Gasteiger partial charge in [-0.15, -0.1) is 15.3 Å². The summed E-state index contributed by atoms with van der Waals surface area (Å²) in [5, 5.41) is 11.9. The van der Waals surface area contributed by atoms with Crippen LogP contribution in [0.25, 0.3) is 5.65 Å². The fourth-order valence-corrected chi connectivity index (χ4v) is 3.56.